The number of benzene rings is 1. The molecule has 1 aliphatic carbocycles. The number of carbonyl (C=O) groups excluding carboxylic acids is 1. The van der Waals surface area contributed by atoms with Crippen molar-refractivity contribution in [3.63, 3.8) is 0 Å². The Morgan fingerprint density at radius 1 is 1.38 bits per heavy atom. The maximum atomic E-state index is 13.0. The van der Waals surface area contributed by atoms with Gasteiger partial charge >= 0.3 is 0 Å². The Kier molecular flexibility index (Phi) is 3.55. The van der Waals surface area contributed by atoms with Crippen molar-refractivity contribution < 1.29 is 9.72 Å². The summed E-state index contributed by atoms with van der Waals surface area (Å²) in [6, 6.07) is 5.11. The maximum Gasteiger partial charge on any atom is 0.272 e. The fourth-order valence-corrected chi connectivity index (χ4v) is 3.89. The fourth-order valence-electron chi connectivity index (χ4n) is 3.89. The van der Waals surface area contributed by atoms with Gasteiger partial charge < -0.3 is 4.90 Å². The van der Waals surface area contributed by atoms with Gasteiger partial charge in [-0.15, -0.1) is 0 Å². The highest BCUT2D eigenvalue weighted by molar-refractivity contribution is 5.84. The number of fused-ring (bicyclic) bond motifs is 2. The number of rotatable bonds is 2. The zero-order chi connectivity index (χ0) is 16.7. The first kappa shape index (κ1) is 14.9. The molecule has 24 heavy (non-hydrogen) atoms. The zero-order valence-electron chi connectivity index (χ0n) is 13.2. The molecule has 7 nitrogen and oxygen atoms in total. The summed E-state index contributed by atoms with van der Waals surface area (Å²) in [4.78, 5) is 25.6. The smallest absolute Gasteiger partial charge is 0.272 e. The lowest BCUT2D eigenvalue weighted by molar-refractivity contribution is -0.385. The summed E-state index contributed by atoms with van der Waals surface area (Å²) in [5.74, 6) is -0.0396. The van der Waals surface area contributed by atoms with Crippen molar-refractivity contribution in [3.8, 4) is 0 Å². The fraction of sp³-hybridized carbons (Fsp3) is 0.412. The van der Waals surface area contributed by atoms with Crippen LogP contribution in [0.15, 0.2) is 24.4 Å². The van der Waals surface area contributed by atoms with Crippen molar-refractivity contribution in [1.29, 1.82) is 0 Å². The molecule has 2 heterocycles. The molecule has 0 bridgehead atoms. The van der Waals surface area contributed by atoms with E-state index in [1.807, 2.05) is 11.0 Å². The van der Waals surface area contributed by atoms with Crippen LogP contribution in [0.4, 0.5) is 5.69 Å². The van der Waals surface area contributed by atoms with Gasteiger partial charge in [-0.1, -0.05) is 12.1 Å². The second kappa shape index (κ2) is 5.74. The van der Waals surface area contributed by atoms with E-state index in [9.17, 15) is 14.9 Å². The van der Waals surface area contributed by atoms with Crippen molar-refractivity contribution in [2.45, 2.75) is 38.1 Å². The molecular formula is C17H18N4O3. The van der Waals surface area contributed by atoms with Gasteiger partial charge in [0, 0.05) is 36.0 Å². The molecule has 1 aromatic carbocycles. The molecule has 0 spiro atoms. The lowest BCUT2D eigenvalue weighted by Crippen LogP contribution is -2.39. The van der Waals surface area contributed by atoms with Crippen LogP contribution in [0.5, 0.6) is 0 Å². The highest BCUT2D eigenvalue weighted by Gasteiger charge is 2.33. The molecule has 124 valence electrons. The minimum atomic E-state index is -0.338. The van der Waals surface area contributed by atoms with Crippen LogP contribution >= 0.6 is 0 Å². The number of hydrogen-bond donors (Lipinski definition) is 1. The molecule has 4 rings (SSSR count). The van der Waals surface area contributed by atoms with Crippen LogP contribution in [0.2, 0.25) is 0 Å². The Morgan fingerprint density at radius 2 is 2.25 bits per heavy atom. The number of carbonyl (C=O) groups is 1. The third-order valence-corrected chi connectivity index (χ3v) is 5.09. The van der Waals surface area contributed by atoms with Crippen molar-refractivity contribution >= 4 is 11.6 Å². The lowest BCUT2D eigenvalue weighted by atomic mass is 9.85. The number of nitrogens with zero attached hydrogens (tertiary/aromatic N) is 3. The summed E-state index contributed by atoms with van der Waals surface area (Å²) in [6.07, 6.45) is 5.04. The van der Waals surface area contributed by atoms with Gasteiger partial charge in [-0.3, -0.25) is 20.0 Å². The van der Waals surface area contributed by atoms with E-state index in [2.05, 4.69) is 10.2 Å². The summed E-state index contributed by atoms with van der Waals surface area (Å²) in [6.45, 7) is 0.972. The van der Waals surface area contributed by atoms with Gasteiger partial charge in [0.1, 0.15) is 0 Å². The van der Waals surface area contributed by atoms with Gasteiger partial charge in [0.2, 0.25) is 5.91 Å². The molecule has 1 aliphatic heterocycles. The van der Waals surface area contributed by atoms with Crippen LogP contribution < -0.4 is 0 Å². The first-order valence-corrected chi connectivity index (χ1v) is 8.21. The van der Waals surface area contributed by atoms with E-state index in [1.165, 1.54) is 6.07 Å². The summed E-state index contributed by atoms with van der Waals surface area (Å²) in [5, 5.41) is 18.2. The molecule has 0 unspecified atom stereocenters. The molecule has 1 aromatic heterocycles. The summed E-state index contributed by atoms with van der Waals surface area (Å²) in [7, 11) is 0. The number of nitro benzene ring substituents is 1. The number of amides is 1. The van der Waals surface area contributed by atoms with Crippen LogP contribution in [0.3, 0.4) is 0 Å². The van der Waals surface area contributed by atoms with Gasteiger partial charge in [-0.05, 0) is 31.2 Å². The Morgan fingerprint density at radius 3 is 3.08 bits per heavy atom. The van der Waals surface area contributed by atoms with E-state index >= 15 is 0 Å². The van der Waals surface area contributed by atoms with E-state index in [0.717, 1.165) is 41.6 Å². The molecule has 7 heteroatoms. The Balaban J connectivity index is 1.59. The van der Waals surface area contributed by atoms with Gasteiger partial charge in [-0.25, -0.2) is 0 Å². The normalized spacial score (nSPS) is 19.5. The summed E-state index contributed by atoms with van der Waals surface area (Å²) in [5.41, 5.74) is 3.88. The molecule has 1 atom stereocenters. The van der Waals surface area contributed by atoms with E-state index in [-0.39, 0.29) is 22.4 Å². The average Bonchev–Trinajstić information content (AvgIpc) is 3.08. The van der Waals surface area contributed by atoms with E-state index in [4.69, 9.17) is 0 Å². The zero-order valence-corrected chi connectivity index (χ0v) is 13.2. The quantitative estimate of drug-likeness (QED) is 0.677. The van der Waals surface area contributed by atoms with Gasteiger partial charge in [0.25, 0.3) is 5.69 Å². The van der Waals surface area contributed by atoms with E-state index < -0.39 is 0 Å². The number of H-pyrrole nitrogens is 1. The number of aromatic amines is 1. The predicted octanol–water partition coefficient (Wildman–Crippen LogP) is 2.32. The van der Waals surface area contributed by atoms with Crippen molar-refractivity contribution in [3.05, 3.63) is 56.9 Å². The van der Waals surface area contributed by atoms with Crippen LogP contribution in [-0.2, 0) is 24.2 Å². The topological polar surface area (TPSA) is 92.1 Å². The first-order chi connectivity index (χ1) is 11.6. The SMILES string of the molecule is O=C([C@@H]1CCCc2[nH]ncc21)N1CCc2c(cccc2[N+](=O)[O-])C1. The molecule has 0 fully saturated rings. The largest absolute Gasteiger partial charge is 0.337 e. The second-order valence-corrected chi connectivity index (χ2v) is 6.43. The van der Waals surface area contributed by atoms with Crippen LogP contribution in [0.25, 0.3) is 0 Å². The van der Waals surface area contributed by atoms with E-state index in [0.29, 0.717) is 19.5 Å². The third kappa shape index (κ3) is 2.36. The highest BCUT2D eigenvalue weighted by atomic mass is 16.6. The van der Waals surface area contributed by atoms with Crippen LogP contribution in [0.1, 0.15) is 41.1 Å². The molecule has 0 saturated carbocycles. The van der Waals surface area contributed by atoms with Gasteiger partial charge in [0.15, 0.2) is 0 Å². The number of hydrogen-bond acceptors (Lipinski definition) is 4. The van der Waals surface area contributed by atoms with Crippen molar-refractivity contribution in [2.75, 3.05) is 6.54 Å². The first-order valence-electron chi connectivity index (χ1n) is 8.21. The van der Waals surface area contributed by atoms with Crippen molar-refractivity contribution in [1.82, 2.24) is 15.1 Å². The number of nitrogens with one attached hydrogen (secondary N) is 1. The minimum absolute atomic E-state index is 0.106. The molecular weight excluding hydrogens is 308 g/mol. The molecule has 0 saturated heterocycles. The Hall–Kier alpha value is -2.70. The second-order valence-electron chi connectivity index (χ2n) is 6.43. The average molecular weight is 326 g/mol. The predicted molar refractivity (Wildman–Crippen MR) is 86.5 cm³/mol. The number of nitro groups is 1. The van der Waals surface area contributed by atoms with Gasteiger partial charge in [0.05, 0.1) is 17.0 Å². The minimum Gasteiger partial charge on any atom is -0.337 e. The van der Waals surface area contributed by atoms with Crippen molar-refractivity contribution in [2.24, 2.45) is 0 Å². The maximum absolute atomic E-state index is 13.0. The molecule has 1 N–H and O–H groups in total. The van der Waals surface area contributed by atoms with E-state index in [1.54, 1.807) is 12.3 Å². The molecule has 0 radical (unpaired) electrons. The third-order valence-electron chi connectivity index (χ3n) is 5.09. The monoisotopic (exact) mass is 326 g/mol. The summed E-state index contributed by atoms with van der Waals surface area (Å²) < 4.78 is 0. The standard InChI is InChI=1S/C17H18N4O3/c22-17(13-4-2-5-15-14(13)9-18-19-15)20-8-7-12-11(10-20)3-1-6-16(12)21(23)24/h1,3,6,9,13H,2,4-5,7-8,10H2,(H,18,19)/t13-/m1/s1. The lowest BCUT2D eigenvalue weighted by Gasteiger charge is -2.32. The highest BCUT2D eigenvalue weighted by Crippen LogP contribution is 2.34. The van der Waals surface area contributed by atoms with Crippen LogP contribution in [-0.4, -0.2) is 32.5 Å². The Bertz CT molecular complexity index is 814. The molecule has 2 aromatic rings. The molecule has 2 aliphatic rings. The molecule has 1 amide bonds. The number of aryl methyl sites for hydroxylation is 1. The van der Waals surface area contributed by atoms with Crippen LogP contribution in [0, 0.1) is 10.1 Å². The number of aromatic nitrogens is 2. The summed E-state index contributed by atoms with van der Waals surface area (Å²) >= 11 is 0. The van der Waals surface area contributed by atoms with Gasteiger partial charge in [-0.2, -0.15) is 5.10 Å². The Labute approximate surface area is 138 Å².